The summed E-state index contributed by atoms with van der Waals surface area (Å²) in [5, 5.41) is 6.41. The first-order chi connectivity index (χ1) is 8.74. The van der Waals surface area contributed by atoms with Crippen LogP contribution in [0.4, 0.5) is 0 Å². The topological polar surface area (TPSA) is 12.0 Å². The Bertz CT molecular complexity index is 507. The normalized spacial score (nSPS) is 12.6. The highest BCUT2D eigenvalue weighted by Gasteiger charge is 2.13. The second-order valence-corrected chi connectivity index (χ2v) is 5.68. The van der Waals surface area contributed by atoms with E-state index < -0.39 is 0 Å². The highest BCUT2D eigenvalue weighted by molar-refractivity contribution is 7.14. The molecule has 0 fully saturated rings. The van der Waals surface area contributed by atoms with Crippen LogP contribution in [0.25, 0.3) is 10.4 Å². The van der Waals surface area contributed by atoms with Gasteiger partial charge in [-0.15, -0.1) is 11.3 Å². The fourth-order valence-electron chi connectivity index (χ4n) is 2.04. The van der Waals surface area contributed by atoms with Crippen LogP contribution >= 0.6 is 22.9 Å². The van der Waals surface area contributed by atoms with E-state index in [0.717, 1.165) is 22.9 Å². The molecule has 0 aliphatic heterocycles. The Morgan fingerprint density at radius 3 is 2.72 bits per heavy atom. The number of benzene rings is 1. The highest BCUT2D eigenvalue weighted by atomic mass is 35.5. The number of nitrogens with one attached hydrogen (secondary N) is 1. The zero-order valence-corrected chi connectivity index (χ0v) is 12.3. The second kappa shape index (κ2) is 6.37. The number of halogens is 1. The quantitative estimate of drug-likeness (QED) is 0.800. The van der Waals surface area contributed by atoms with Crippen LogP contribution < -0.4 is 5.32 Å². The van der Waals surface area contributed by atoms with Gasteiger partial charge in [0.25, 0.3) is 0 Å². The summed E-state index contributed by atoms with van der Waals surface area (Å²) in [7, 11) is 0. The van der Waals surface area contributed by atoms with Crippen LogP contribution in [-0.2, 0) is 0 Å². The number of hydrogen-bond acceptors (Lipinski definition) is 2. The predicted octanol–water partition coefficient (Wildman–Crippen LogP) is 5.13. The molecule has 1 N–H and O–H groups in total. The van der Waals surface area contributed by atoms with Gasteiger partial charge in [0.15, 0.2) is 0 Å². The lowest BCUT2D eigenvalue weighted by atomic mass is 10.00. The first-order valence-electron chi connectivity index (χ1n) is 6.29. The Kier molecular flexibility index (Phi) is 4.81. The molecule has 18 heavy (non-hydrogen) atoms. The van der Waals surface area contributed by atoms with E-state index in [4.69, 9.17) is 11.6 Å². The Hall–Kier alpha value is -0.830. The highest BCUT2D eigenvalue weighted by Crippen LogP contribution is 2.37. The monoisotopic (exact) mass is 279 g/mol. The largest absolute Gasteiger partial charge is 0.310 e. The maximum absolute atomic E-state index is 6.25. The van der Waals surface area contributed by atoms with E-state index in [9.17, 15) is 0 Å². The fourth-order valence-corrected chi connectivity index (χ4v) is 3.24. The lowest BCUT2D eigenvalue weighted by molar-refractivity contribution is 0.572. The van der Waals surface area contributed by atoms with Gasteiger partial charge in [-0.1, -0.05) is 42.8 Å². The van der Waals surface area contributed by atoms with Gasteiger partial charge in [-0.25, -0.2) is 0 Å². The van der Waals surface area contributed by atoms with Crippen molar-refractivity contribution >= 4 is 22.9 Å². The molecule has 2 aromatic rings. The molecule has 0 spiro atoms. The van der Waals surface area contributed by atoms with E-state index >= 15 is 0 Å². The maximum atomic E-state index is 6.25. The summed E-state index contributed by atoms with van der Waals surface area (Å²) in [6, 6.07) is 10.8. The first-order valence-corrected chi connectivity index (χ1v) is 7.55. The SMILES string of the molecule is CCCNC(C)c1ccccc1-c1sccc1Cl. The molecule has 2 rings (SSSR count). The molecule has 1 heterocycles. The molecule has 96 valence electrons. The van der Waals surface area contributed by atoms with Crippen molar-refractivity contribution in [1.82, 2.24) is 5.32 Å². The first kappa shape index (κ1) is 13.6. The fraction of sp³-hybridized carbons (Fsp3) is 0.333. The molecule has 0 saturated carbocycles. The van der Waals surface area contributed by atoms with Crippen molar-refractivity contribution in [2.24, 2.45) is 0 Å². The van der Waals surface area contributed by atoms with Crippen molar-refractivity contribution in [3.8, 4) is 10.4 Å². The Balaban J connectivity index is 2.34. The molecule has 1 unspecified atom stereocenters. The van der Waals surface area contributed by atoms with Gasteiger partial charge in [-0.3, -0.25) is 0 Å². The van der Waals surface area contributed by atoms with Crippen LogP contribution in [0.5, 0.6) is 0 Å². The molecule has 1 aromatic heterocycles. The van der Waals surface area contributed by atoms with Gasteiger partial charge in [0.2, 0.25) is 0 Å². The van der Waals surface area contributed by atoms with E-state index in [0.29, 0.717) is 6.04 Å². The Morgan fingerprint density at radius 1 is 1.28 bits per heavy atom. The van der Waals surface area contributed by atoms with Crippen molar-refractivity contribution < 1.29 is 0 Å². The third-order valence-corrected chi connectivity index (χ3v) is 4.36. The summed E-state index contributed by atoms with van der Waals surface area (Å²) in [6.45, 7) is 5.42. The van der Waals surface area contributed by atoms with E-state index in [-0.39, 0.29) is 0 Å². The number of thiophene rings is 1. The van der Waals surface area contributed by atoms with Gasteiger partial charge in [-0.2, -0.15) is 0 Å². The molecule has 0 aliphatic carbocycles. The molecule has 3 heteroatoms. The van der Waals surface area contributed by atoms with Gasteiger partial charge in [0, 0.05) is 6.04 Å². The van der Waals surface area contributed by atoms with E-state index in [1.54, 1.807) is 11.3 Å². The predicted molar refractivity (Wildman–Crippen MR) is 81.5 cm³/mol. The van der Waals surface area contributed by atoms with Gasteiger partial charge in [0.05, 0.1) is 9.90 Å². The molecule has 0 saturated heterocycles. The Labute approximate surface area is 118 Å². The maximum Gasteiger partial charge on any atom is 0.0592 e. The lowest BCUT2D eigenvalue weighted by Gasteiger charge is -2.17. The van der Waals surface area contributed by atoms with Gasteiger partial charge in [0.1, 0.15) is 0 Å². The van der Waals surface area contributed by atoms with Crippen molar-refractivity contribution in [3.63, 3.8) is 0 Å². The third-order valence-electron chi connectivity index (χ3n) is 2.99. The van der Waals surface area contributed by atoms with Gasteiger partial charge in [-0.05, 0) is 42.5 Å². The Morgan fingerprint density at radius 2 is 2.06 bits per heavy atom. The van der Waals surface area contributed by atoms with Gasteiger partial charge >= 0.3 is 0 Å². The van der Waals surface area contributed by atoms with Gasteiger partial charge < -0.3 is 5.32 Å². The van der Waals surface area contributed by atoms with Crippen molar-refractivity contribution in [2.45, 2.75) is 26.3 Å². The van der Waals surface area contributed by atoms with Crippen LogP contribution in [0.3, 0.4) is 0 Å². The average molecular weight is 280 g/mol. The summed E-state index contributed by atoms with van der Waals surface area (Å²) in [5.41, 5.74) is 2.56. The molecule has 1 atom stereocenters. The van der Waals surface area contributed by atoms with Crippen LogP contribution in [0, 0.1) is 0 Å². The summed E-state index contributed by atoms with van der Waals surface area (Å²) in [4.78, 5) is 1.16. The van der Waals surface area contributed by atoms with E-state index in [2.05, 4.69) is 43.4 Å². The van der Waals surface area contributed by atoms with Crippen LogP contribution in [0.15, 0.2) is 35.7 Å². The summed E-state index contributed by atoms with van der Waals surface area (Å²) < 4.78 is 0. The summed E-state index contributed by atoms with van der Waals surface area (Å²) >= 11 is 7.94. The molecule has 0 aliphatic rings. The van der Waals surface area contributed by atoms with Crippen molar-refractivity contribution in [2.75, 3.05) is 6.54 Å². The molecule has 1 aromatic carbocycles. The zero-order valence-electron chi connectivity index (χ0n) is 10.7. The molecule has 0 radical (unpaired) electrons. The van der Waals surface area contributed by atoms with E-state index in [1.807, 2.05) is 11.4 Å². The number of hydrogen-bond donors (Lipinski definition) is 1. The van der Waals surface area contributed by atoms with Crippen molar-refractivity contribution in [3.05, 3.63) is 46.3 Å². The molecule has 1 nitrogen and oxygen atoms in total. The zero-order chi connectivity index (χ0) is 13.0. The summed E-state index contributed by atoms with van der Waals surface area (Å²) in [5.74, 6) is 0. The number of rotatable bonds is 5. The molecular formula is C15H18ClNS. The van der Waals surface area contributed by atoms with Crippen molar-refractivity contribution in [1.29, 1.82) is 0 Å². The second-order valence-electron chi connectivity index (χ2n) is 4.36. The minimum Gasteiger partial charge on any atom is -0.310 e. The van der Waals surface area contributed by atoms with Crippen LogP contribution in [0.2, 0.25) is 5.02 Å². The molecule has 0 amide bonds. The standard InChI is InChI=1S/C15H18ClNS/c1-3-9-17-11(2)12-6-4-5-7-13(12)15-14(16)8-10-18-15/h4-8,10-11,17H,3,9H2,1-2H3. The van der Waals surface area contributed by atoms with Crippen LogP contribution in [-0.4, -0.2) is 6.54 Å². The average Bonchev–Trinajstić information content (AvgIpc) is 2.82. The van der Waals surface area contributed by atoms with E-state index in [1.165, 1.54) is 11.1 Å². The third kappa shape index (κ3) is 2.94. The molecular weight excluding hydrogens is 262 g/mol. The minimum atomic E-state index is 0.347. The lowest BCUT2D eigenvalue weighted by Crippen LogP contribution is -2.19. The molecule has 0 bridgehead atoms. The van der Waals surface area contributed by atoms with Crippen LogP contribution in [0.1, 0.15) is 31.9 Å². The summed E-state index contributed by atoms with van der Waals surface area (Å²) in [6.07, 6.45) is 1.15. The minimum absolute atomic E-state index is 0.347. The smallest absolute Gasteiger partial charge is 0.0592 e.